The maximum atomic E-state index is 14.9. The molecule has 0 aliphatic heterocycles. The molecule has 0 aliphatic rings. The van der Waals surface area contributed by atoms with Crippen LogP contribution in [0.5, 0.6) is 0 Å². The Bertz CT molecular complexity index is 2750. The van der Waals surface area contributed by atoms with Crippen LogP contribution in [0.1, 0.15) is 16.7 Å². The zero-order valence-electron chi connectivity index (χ0n) is 28.1. The summed E-state index contributed by atoms with van der Waals surface area (Å²) in [6.45, 7) is 0.439. The van der Waals surface area contributed by atoms with Crippen molar-refractivity contribution in [2.24, 2.45) is 0 Å². The summed E-state index contributed by atoms with van der Waals surface area (Å²) in [4.78, 5) is 2.12. The molecule has 9 rings (SSSR count). The molecular formula is C45H28F4N4. The van der Waals surface area contributed by atoms with Crippen LogP contribution in [0, 0.1) is 34.6 Å². The van der Waals surface area contributed by atoms with Gasteiger partial charge in [-0.2, -0.15) is 5.26 Å². The highest BCUT2D eigenvalue weighted by atomic mass is 19.1. The van der Waals surface area contributed by atoms with Gasteiger partial charge >= 0.3 is 0 Å². The quantitative estimate of drug-likeness (QED) is 0.155. The minimum absolute atomic E-state index is 0.220. The molecule has 0 unspecified atom stereocenters. The van der Waals surface area contributed by atoms with Crippen LogP contribution in [0.3, 0.4) is 0 Å². The molecule has 4 nitrogen and oxygen atoms in total. The number of fused-ring (bicyclic) bond motifs is 6. The molecule has 8 heteroatoms. The van der Waals surface area contributed by atoms with Crippen LogP contribution < -0.4 is 4.90 Å². The van der Waals surface area contributed by atoms with Crippen LogP contribution >= 0.6 is 0 Å². The van der Waals surface area contributed by atoms with Crippen LogP contribution in [0.15, 0.2) is 146 Å². The predicted molar refractivity (Wildman–Crippen MR) is 203 cm³/mol. The fraction of sp³-hybridized carbons (Fsp3) is 0.0444. The maximum Gasteiger partial charge on any atom is 0.131 e. The summed E-state index contributed by atoms with van der Waals surface area (Å²) in [6, 6.07) is 45.1. The Morgan fingerprint density at radius 3 is 1.34 bits per heavy atom. The second kappa shape index (κ2) is 12.7. The number of rotatable bonds is 7. The van der Waals surface area contributed by atoms with E-state index in [1.165, 1.54) is 24.3 Å². The second-order valence-electron chi connectivity index (χ2n) is 13.1. The lowest BCUT2D eigenvalue weighted by atomic mass is 10.1. The average molecular weight is 701 g/mol. The Hall–Kier alpha value is -6.85. The van der Waals surface area contributed by atoms with Gasteiger partial charge in [-0.15, -0.1) is 0 Å². The van der Waals surface area contributed by atoms with E-state index < -0.39 is 23.3 Å². The minimum Gasteiger partial charge on any atom is -0.336 e. The van der Waals surface area contributed by atoms with E-state index in [4.69, 9.17) is 0 Å². The fourth-order valence-corrected chi connectivity index (χ4v) is 7.47. The summed E-state index contributed by atoms with van der Waals surface area (Å²) in [7, 11) is 0. The number of hydrogen-bond acceptors (Lipinski definition) is 2. The third-order valence-electron chi connectivity index (χ3n) is 9.97. The Balaban J connectivity index is 1.22. The first-order valence-electron chi connectivity index (χ1n) is 17.1. The van der Waals surface area contributed by atoms with Gasteiger partial charge in [0.1, 0.15) is 23.3 Å². The van der Waals surface area contributed by atoms with E-state index in [1.54, 1.807) is 12.1 Å². The number of anilines is 3. The van der Waals surface area contributed by atoms with Gasteiger partial charge in [-0.1, -0.05) is 48.5 Å². The van der Waals surface area contributed by atoms with Crippen molar-refractivity contribution in [3.63, 3.8) is 0 Å². The van der Waals surface area contributed by atoms with E-state index >= 15 is 0 Å². The Morgan fingerprint density at radius 2 is 0.887 bits per heavy atom. The number of nitriles is 1. The number of halogens is 4. The molecule has 0 atom stereocenters. The summed E-state index contributed by atoms with van der Waals surface area (Å²) in [5.74, 6) is -2.44. The Kier molecular flexibility index (Phi) is 7.71. The molecule has 2 heterocycles. The molecule has 0 saturated heterocycles. The van der Waals surface area contributed by atoms with Gasteiger partial charge < -0.3 is 14.0 Å². The molecule has 256 valence electrons. The van der Waals surface area contributed by atoms with Crippen molar-refractivity contribution in [3.8, 4) is 6.07 Å². The second-order valence-corrected chi connectivity index (χ2v) is 13.1. The van der Waals surface area contributed by atoms with Crippen LogP contribution in [0.2, 0.25) is 0 Å². The van der Waals surface area contributed by atoms with Crippen LogP contribution in [0.4, 0.5) is 34.6 Å². The molecule has 2 aromatic heterocycles. The lowest BCUT2D eigenvalue weighted by molar-refractivity contribution is 0.568. The molecule has 0 spiro atoms. The van der Waals surface area contributed by atoms with Gasteiger partial charge in [0.05, 0.1) is 24.7 Å². The largest absolute Gasteiger partial charge is 0.336 e. The van der Waals surface area contributed by atoms with Crippen molar-refractivity contribution in [2.45, 2.75) is 13.1 Å². The van der Waals surface area contributed by atoms with E-state index in [0.29, 0.717) is 16.7 Å². The molecular weight excluding hydrogens is 673 g/mol. The first-order valence-corrected chi connectivity index (χ1v) is 17.1. The van der Waals surface area contributed by atoms with Gasteiger partial charge in [0, 0.05) is 83.9 Å². The van der Waals surface area contributed by atoms with E-state index in [2.05, 4.69) is 23.1 Å². The van der Waals surface area contributed by atoms with Crippen molar-refractivity contribution in [1.82, 2.24) is 9.13 Å². The van der Waals surface area contributed by atoms with Crippen molar-refractivity contribution >= 4 is 60.7 Å². The van der Waals surface area contributed by atoms with Crippen molar-refractivity contribution in [2.75, 3.05) is 4.90 Å². The first-order chi connectivity index (χ1) is 25.9. The van der Waals surface area contributed by atoms with Gasteiger partial charge in [-0.05, 0) is 84.9 Å². The summed E-state index contributed by atoms with van der Waals surface area (Å²) in [5, 5.41) is 13.4. The van der Waals surface area contributed by atoms with Crippen LogP contribution in [-0.2, 0) is 13.1 Å². The Labute approximate surface area is 301 Å². The number of hydrogen-bond donors (Lipinski definition) is 0. The number of benzene rings is 7. The van der Waals surface area contributed by atoms with Gasteiger partial charge in [-0.3, -0.25) is 0 Å². The molecule has 7 aromatic carbocycles. The van der Waals surface area contributed by atoms with E-state index in [0.717, 1.165) is 72.8 Å². The molecule has 0 N–H and O–H groups in total. The highest BCUT2D eigenvalue weighted by Gasteiger charge is 2.20. The van der Waals surface area contributed by atoms with E-state index in [9.17, 15) is 22.8 Å². The van der Waals surface area contributed by atoms with E-state index in [1.807, 2.05) is 94.1 Å². The third-order valence-corrected chi connectivity index (χ3v) is 9.97. The maximum absolute atomic E-state index is 14.9. The molecule has 0 fully saturated rings. The zero-order valence-corrected chi connectivity index (χ0v) is 28.1. The predicted octanol–water partition coefficient (Wildman–Crippen LogP) is 11.9. The van der Waals surface area contributed by atoms with Gasteiger partial charge in [0.2, 0.25) is 0 Å². The summed E-state index contributed by atoms with van der Waals surface area (Å²) >= 11 is 0. The van der Waals surface area contributed by atoms with Crippen molar-refractivity contribution < 1.29 is 17.6 Å². The molecule has 9 aromatic rings. The Morgan fingerprint density at radius 1 is 0.453 bits per heavy atom. The number of nitrogens with zero attached hydrogens (tertiary/aromatic N) is 4. The SMILES string of the molecule is N#Cc1ccc(N(c2ccc3c(c2)c2ccccc2n3Cc2ccc(F)cc2F)c2ccc3c(c2)c2ccccc2n3Cc2ccc(F)cc2F)cc1. The number of para-hydroxylation sites is 2. The molecule has 53 heavy (non-hydrogen) atoms. The first kappa shape index (κ1) is 32.1. The topological polar surface area (TPSA) is 36.9 Å². The average Bonchev–Trinajstić information content (AvgIpc) is 3.65. The lowest BCUT2D eigenvalue weighted by Crippen LogP contribution is -2.10. The van der Waals surface area contributed by atoms with Gasteiger partial charge in [0.15, 0.2) is 0 Å². The van der Waals surface area contributed by atoms with E-state index in [-0.39, 0.29) is 13.1 Å². The molecule has 0 aliphatic carbocycles. The monoisotopic (exact) mass is 700 g/mol. The number of aromatic nitrogens is 2. The highest BCUT2D eigenvalue weighted by molar-refractivity contribution is 6.11. The van der Waals surface area contributed by atoms with Gasteiger partial charge in [0.25, 0.3) is 0 Å². The van der Waals surface area contributed by atoms with Gasteiger partial charge in [-0.25, -0.2) is 17.6 Å². The summed E-state index contributed by atoms with van der Waals surface area (Å²) < 4.78 is 61.4. The summed E-state index contributed by atoms with van der Waals surface area (Å²) in [5.41, 5.74) is 7.46. The zero-order chi connectivity index (χ0) is 36.2. The standard InChI is InChI=1S/C45H28F4N4/c46-31-13-11-29(40(48)21-31)26-51-42-7-3-1-5-36(42)38-23-34(17-19-44(38)51)53(33-15-9-28(25-50)10-16-33)35-18-20-45-39(24-35)37-6-2-4-8-43(37)52(45)27-30-12-14-32(47)22-41(30)49/h1-24H,26-27H2. The molecule has 0 radical (unpaired) electrons. The van der Waals surface area contributed by atoms with Crippen molar-refractivity contribution in [1.29, 1.82) is 5.26 Å². The smallest absolute Gasteiger partial charge is 0.131 e. The molecule has 0 amide bonds. The highest BCUT2D eigenvalue weighted by Crippen LogP contribution is 2.41. The summed E-state index contributed by atoms with van der Waals surface area (Å²) in [6.07, 6.45) is 0. The molecule has 0 bridgehead atoms. The van der Waals surface area contributed by atoms with Crippen molar-refractivity contribution in [3.05, 3.63) is 186 Å². The lowest BCUT2D eigenvalue weighted by Gasteiger charge is -2.26. The van der Waals surface area contributed by atoms with Crippen LogP contribution in [0.25, 0.3) is 43.6 Å². The minimum atomic E-state index is -0.620. The van der Waals surface area contributed by atoms with Crippen LogP contribution in [-0.4, -0.2) is 9.13 Å². The normalized spacial score (nSPS) is 11.5. The fourth-order valence-electron chi connectivity index (χ4n) is 7.47. The third kappa shape index (κ3) is 5.54. The molecule has 0 saturated carbocycles.